The van der Waals surface area contributed by atoms with E-state index in [1.54, 1.807) is 0 Å². The summed E-state index contributed by atoms with van der Waals surface area (Å²) in [7, 11) is 0. The molecule has 3 aromatic carbocycles. The highest BCUT2D eigenvalue weighted by atomic mass is 16.5. The highest BCUT2D eigenvalue weighted by molar-refractivity contribution is 6.05. The molecule has 0 atom stereocenters. The van der Waals surface area contributed by atoms with E-state index in [4.69, 9.17) is 4.74 Å². The molecule has 0 radical (unpaired) electrons. The van der Waals surface area contributed by atoms with Crippen molar-refractivity contribution in [1.82, 2.24) is 0 Å². The van der Waals surface area contributed by atoms with Gasteiger partial charge in [-0.25, -0.2) is 0 Å². The van der Waals surface area contributed by atoms with Crippen LogP contribution in [0.25, 0.3) is 0 Å². The maximum absolute atomic E-state index is 12.5. The van der Waals surface area contributed by atoms with Crippen LogP contribution in [0.2, 0.25) is 0 Å². The minimum absolute atomic E-state index is 0.0929. The number of anilines is 1. The first kappa shape index (κ1) is 16.8. The number of carbonyl (C=O) groups excluding carboxylic acids is 1. The first-order valence-corrected chi connectivity index (χ1v) is 8.39. The molecular weight excluding hydrogens is 310 g/mol. The smallest absolute Gasteiger partial charge is 0.255 e. The number of rotatable bonds is 5. The Labute approximate surface area is 148 Å². The first-order valence-electron chi connectivity index (χ1n) is 8.39. The normalized spacial score (nSPS) is 10.3. The van der Waals surface area contributed by atoms with Crippen molar-refractivity contribution in [3.8, 4) is 11.5 Å². The van der Waals surface area contributed by atoms with Gasteiger partial charge < -0.3 is 10.1 Å². The molecule has 0 aromatic heterocycles. The maximum atomic E-state index is 12.5. The SMILES string of the molecule is CCc1ccccc1C(=O)Nc1ccc(Oc2ccc(C)cc2)cc1. The van der Waals surface area contributed by atoms with Crippen molar-refractivity contribution >= 4 is 11.6 Å². The topological polar surface area (TPSA) is 38.3 Å². The maximum Gasteiger partial charge on any atom is 0.255 e. The van der Waals surface area contributed by atoms with Crippen molar-refractivity contribution in [2.75, 3.05) is 5.32 Å². The van der Waals surface area contributed by atoms with Crippen molar-refractivity contribution in [2.24, 2.45) is 0 Å². The van der Waals surface area contributed by atoms with Gasteiger partial charge >= 0.3 is 0 Å². The first-order chi connectivity index (χ1) is 12.2. The van der Waals surface area contributed by atoms with E-state index < -0.39 is 0 Å². The molecule has 0 aliphatic heterocycles. The van der Waals surface area contributed by atoms with Gasteiger partial charge in [0.05, 0.1) is 0 Å². The standard InChI is InChI=1S/C22H21NO2/c1-3-17-6-4-5-7-21(17)22(24)23-18-10-14-20(15-11-18)25-19-12-8-16(2)9-13-19/h4-15H,3H2,1-2H3,(H,23,24). The summed E-state index contributed by atoms with van der Waals surface area (Å²) in [5, 5.41) is 2.94. The van der Waals surface area contributed by atoms with Crippen LogP contribution in [0.3, 0.4) is 0 Å². The minimum atomic E-state index is -0.0929. The Morgan fingerprint density at radius 2 is 1.48 bits per heavy atom. The van der Waals surface area contributed by atoms with Crippen LogP contribution in [-0.2, 0) is 6.42 Å². The second-order valence-corrected chi connectivity index (χ2v) is 5.90. The molecule has 1 N–H and O–H groups in total. The summed E-state index contributed by atoms with van der Waals surface area (Å²) < 4.78 is 5.80. The molecule has 0 fully saturated rings. The van der Waals surface area contributed by atoms with Gasteiger partial charge in [0, 0.05) is 11.3 Å². The fourth-order valence-corrected chi connectivity index (χ4v) is 2.60. The van der Waals surface area contributed by atoms with Crippen molar-refractivity contribution in [3.63, 3.8) is 0 Å². The molecule has 3 aromatic rings. The third kappa shape index (κ3) is 4.27. The Morgan fingerprint density at radius 3 is 2.12 bits per heavy atom. The predicted octanol–water partition coefficient (Wildman–Crippen LogP) is 5.60. The monoisotopic (exact) mass is 331 g/mol. The van der Waals surface area contributed by atoms with Crippen LogP contribution in [-0.4, -0.2) is 5.91 Å². The van der Waals surface area contributed by atoms with Gasteiger partial charge in [0.2, 0.25) is 0 Å². The molecular formula is C22H21NO2. The van der Waals surface area contributed by atoms with Gasteiger partial charge in [-0.15, -0.1) is 0 Å². The Morgan fingerprint density at radius 1 is 0.880 bits per heavy atom. The van der Waals surface area contributed by atoms with Gasteiger partial charge in [0.1, 0.15) is 11.5 Å². The van der Waals surface area contributed by atoms with E-state index in [-0.39, 0.29) is 5.91 Å². The summed E-state index contributed by atoms with van der Waals surface area (Å²) in [4.78, 5) is 12.5. The fourth-order valence-electron chi connectivity index (χ4n) is 2.60. The van der Waals surface area contributed by atoms with Crippen LogP contribution in [0.15, 0.2) is 72.8 Å². The molecule has 0 saturated heterocycles. The summed E-state index contributed by atoms with van der Waals surface area (Å²) in [6, 6.07) is 22.9. The Bertz CT molecular complexity index is 852. The largest absolute Gasteiger partial charge is 0.457 e. The lowest BCUT2D eigenvalue weighted by molar-refractivity contribution is 0.102. The lowest BCUT2D eigenvalue weighted by Crippen LogP contribution is -2.13. The van der Waals surface area contributed by atoms with Gasteiger partial charge in [-0.1, -0.05) is 42.8 Å². The zero-order valence-electron chi connectivity index (χ0n) is 14.5. The Kier molecular flexibility index (Phi) is 5.14. The van der Waals surface area contributed by atoms with Crippen LogP contribution in [0.4, 0.5) is 5.69 Å². The molecule has 126 valence electrons. The second kappa shape index (κ2) is 7.67. The molecule has 0 heterocycles. The van der Waals surface area contributed by atoms with Crippen molar-refractivity contribution < 1.29 is 9.53 Å². The van der Waals surface area contributed by atoms with E-state index >= 15 is 0 Å². The lowest BCUT2D eigenvalue weighted by Gasteiger charge is -2.10. The van der Waals surface area contributed by atoms with Gasteiger partial charge in [0.15, 0.2) is 0 Å². The number of amides is 1. The average Bonchev–Trinajstić information content (AvgIpc) is 2.65. The molecule has 0 unspecified atom stereocenters. The van der Waals surface area contributed by atoms with Crippen molar-refractivity contribution in [1.29, 1.82) is 0 Å². The van der Waals surface area contributed by atoms with Crippen LogP contribution < -0.4 is 10.1 Å². The van der Waals surface area contributed by atoms with Crippen molar-refractivity contribution in [3.05, 3.63) is 89.5 Å². The fraction of sp³-hybridized carbons (Fsp3) is 0.136. The third-order valence-electron chi connectivity index (χ3n) is 4.01. The van der Waals surface area contributed by atoms with Crippen molar-refractivity contribution in [2.45, 2.75) is 20.3 Å². The summed E-state index contributed by atoms with van der Waals surface area (Å²) in [6.45, 7) is 4.08. The van der Waals surface area contributed by atoms with Gasteiger partial charge in [-0.2, -0.15) is 0 Å². The molecule has 0 spiro atoms. The van der Waals surface area contributed by atoms with E-state index in [0.29, 0.717) is 5.56 Å². The predicted molar refractivity (Wildman–Crippen MR) is 101 cm³/mol. The Hall–Kier alpha value is -3.07. The highest BCUT2D eigenvalue weighted by Gasteiger charge is 2.10. The third-order valence-corrected chi connectivity index (χ3v) is 4.01. The average molecular weight is 331 g/mol. The number of hydrogen-bond acceptors (Lipinski definition) is 2. The molecule has 0 aliphatic carbocycles. The summed E-state index contributed by atoms with van der Waals surface area (Å²) in [6.07, 6.45) is 0.826. The van der Waals surface area contributed by atoms with Crippen LogP contribution in [0.1, 0.15) is 28.4 Å². The van der Waals surface area contributed by atoms with Crippen LogP contribution >= 0.6 is 0 Å². The highest BCUT2D eigenvalue weighted by Crippen LogP contribution is 2.23. The molecule has 25 heavy (non-hydrogen) atoms. The zero-order chi connectivity index (χ0) is 17.6. The van der Waals surface area contributed by atoms with Crippen LogP contribution in [0, 0.1) is 6.92 Å². The van der Waals surface area contributed by atoms with E-state index in [2.05, 4.69) is 5.32 Å². The molecule has 0 aliphatic rings. The molecule has 3 rings (SSSR count). The van der Waals surface area contributed by atoms with Gasteiger partial charge in [0.25, 0.3) is 5.91 Å². The van der Waals surface area contributed by atoms with E-state index in [9.17, 15) is 4.79 Å². The van der Waals surface area contributed by atoms with E-state index in [1.807, 2.05) is 86.6 Å². The van der Waals surface area contributed by atoms with Gasteiger partial charge in [-0.05, 0) is 61.4 Å². The lowest BCUT2D eigenvalue weighted by atomic mass is 10.0. The van der Waals surface area contributed by atoms with E-state index in [0.717, 1.165) is 29.2 Å². The second-order valence-electron chi connectivity index (χ2n) is 5.90. The number of ether oxygens (including phenoxy) is 1. The number of nitrogens with one attached hydrogen (secondary N) is 1. The van der Waals surface area contributed by atoms with Crippen LogP contribution in [0.5, 0.6) is 11.5 Å². The summed E-state index contributed by atoms with van der Waals surface area (Å²) >= 11 is 0. The zero-order valence-corrected chi connectivity index (χ0v) is 14.5. The number of hydrogen-bond donors (Lipinski definition) is 1. The summed E-state index contributed by atoms with van der Waals surface area (Å²) in [5.41, 5.74) is 3.69. The Balaban J connectivity index is 1.68. The molecule has 3 nitrogen and oxygen atoms in total. The number of carbonyl (C=O) groups is 1. The number of aryl methyl sites for hydroxylation is 2. The molecule has 3 heteroatoms. The quantitative estimate of drug-likeness (QED) is 0.660. The summed E-state index contributed by atoms with van der Waals surface area (Å²) in [5.74, 6) is 1.43. The number of benzene rings is 3. The minimum Gasteiger partial charge on any atom is -0.457 e. The molecule has 0 bridgehead atoms. The van der Waals surface area contributed by atoms with E-state index in [1.165, 1.54) is 5.56 Å². The molecule has 1 amide bonds. The van der Waals surface area contributed by atoms with Gasteiger partial charge in [-0.3, -0.25) is 4.79 Å². The molecule has 0 saturated carbocycles.